The maximum absolute atomic E-state index is 12.5. The van der Waals surface area contributed by atoms with Crippen LogP contribution < -0.4 is 10.1 Å². The summed E-state index contributed by atoms with van der Waals surface area (Å²) in [6.45, 7) is 2.04. The number of aromatic nitrogens is 3. The van der Waals surface area contributed by atoms with Crippen LogP contribution in [-0.2, 0) is 0 Å². The van der Waals surface area contributed by atoms with Crippen molar-refractivity contribution >= 4 is 33.7 Å². The molecule has 0 N–H and O–H groups in total. The van der Waals surface area contributed by atoms with Crippen LogP contribution >= 0.6 is 22.7 Å². The molecule has 0 saturated carbocycles. The predicted octanol–water partition coefficient (Wildman–Crippen LogP) is 2.74. The van der Waals surface area contributed by atoms with E-state index >= 15 is 0 Å². The lowest BCUT2D eigenvalue weighted by Crippen LogP contribution is -2.23. The summed E-state index contributed by atoms with van der Waals surface area (Å²) in [6, 6.07) is 11.7. The highest BCUT2D eigenvalue weighted by Crippen LogP contribution is 2.17. The number of thiophene rings is 1. The molecule has 0 spiro atoms. The van der Waals surface area contributed by atoms with Crippen molar-refractivity contribution in [3.8, 4) is 11.4 Å². The van der Waals surface area contributed by atoms with Gasteiger partial charge in [0.25, 0.3) is 5.56 Å². The molecule has 3 heterocycles. The molecule has 4 rings (SSSR count). The number of rotatable bonds is 2. The van der Waals surface area contributed by atoms with Gasteiger partial charge in [-0.25, -0.2) is 0 Å². The van der Waals surface area contributed by atoms with E-state index in [1.54, 1.807) is 11.3 Å². The Hall–Kier alpha value is -2.31. The molecule has 4 nitrogen and oxygen atoms in total. The minimum atomic E-state index is -0.109. The normalized spacial score (nSPS) is 12.3. The topological polar surface area (TPSA) is 47.3 Å². The highest BCUT2D eigenvalue weighted by Gasteiger charge is 2.11. The van der Waals surface area contributed by atoms with Crippen molar-refractivity contribution in [2.45, 2.75) is 6.92 Å². The number of thiazole rings is 1. The molecule has 3 aromatic heterocycles. The highest BCUT2D eigenvalue weighted by molar-refractivity contribution is 7.15. The van der Waals surface area contributed by atoms with E-state index in [1.807, 2.05) is 54.8 Å². The number of fused-ring (bicyclic) bond motifs is 1. The predicted molar refractivity (Wildman–Crippen MR) is 90.4 cm³/mol. The maximum atomic E-state index is 12.5. The molecular formula is C16H11N3OS2. The number of benzene rings is 1. The van der Waals surface area contributed by atoms with Crippen LogP contribution in [0.2, 0.25) is 0 Å². The molecule has 0 aliphatic rings. The van der Waals surface area contributed by atoms with Crippen LogP contribution in [0, 0.1) is 6.92 Å². The second-order valence-electron chi connectivity index (χ2n) is 4.88. The van der Waals surface area contributed by atoms with Crippen LogP contribution in [0.15, 0.2) is 46.6 Å². The standard InChI is InChI=1S/C16H11N3OS2/c1-10-7-8-21-12(10)9-13-15(20)19-16(22-13)17-14(18-19)11-5-3-2-4-6-11/h2-9H,1H3/b13-9-. The molecule has 0 radical (unpaired) electrons. The van der Waals surface area contributed by atoms with Gasteiger partial charge in [0.1, 0.15) is 0 Å². The number of aryl methyl sites for hydroxylation is 1. The fourth-order valence-corrected chi connectivity index (χ4v) is 4.02. The molecule has 0 unspecified atom stereocenters. The molecule has 0 fully saturated rings. The SMILES string of the molecule is Cc1ccsc1/C=c1\sc2nc(-c3ccccc3)nn2c1=O. The molecule has 6 heteroatoms. The summed E-state index contributed by atoms with van der Waals surface area (Å²) < 4.78 is 2.06. The Morgan fingerprint density at radius 1 is 1.18 bits per heavy atom. The zero-order valence-electron chi connectivity index (χ0n) is 11.7. The van der Waals surface area contributed by atoms with Gasteiger partial charge in [0, 0.05) is 10.4 Å². The summed E-state index contributed by atoms with van der Waals surface area (Å²) >= 11 is 3.00. The summed E-state index contributed by atoms with van der Waals surface area (Å²) in [6.07, 6.45) is 1.92. The first-order valence-corrected chi connectivity index (χ1v) is 8.43. The monoisotopic (exact) mass is 325 g/mol. The van der Waals surface area contributed by atoms with Crippen molar-refractivity contribution in [1.82, 2.24) is 14.6 Å². The molecule has 0 amide bonds. The van der Waals surface area contributed by atoms with Crippen LogP contribution in [0.1, 0.15) is 10.4 Å². The molecule has 0 aliphatic heterocycles. The largest absolute Gasteiger partial charge is 0.291 e. The van der Waals surface area contributed by atoms with E-state index in [-0.39, 0.29) is 5.56 Å². The van der Waals surface area contributed by atoms with Crippen molar-refractivity contribution in [2.75, 3.05) is 0 Å². The van der Waals surface area contributed by atoms with E-state index in [2.05, 4.69) is 10.1 Å². The van der Waals surface area contributed by atoms with Gasteiger partial charge in [-0.05, 0) is 30.0 Å². The first kappa shape index (κ1) is 13.4. The van der Waals surface area contributed by atoms with E-state index in [1.165, 1.54) is 21.4 Å². The van der Waals surface area contributed by atoms with E-state index in [0.29, 0.717) is 15.3 Å². The maximum Gasteiger partial charge on any atom is 0.291 e. The first-order chi connectivity index (χ1) is 10.7. The van der Waals surface area contributed by atoms with E-state index in [0.717, 1.165) is 10.4 Å². The molecule has 0 saturated heterocycles. The fourth-order valence-electron chi connectivity index (χ4n) is 2.19. The van der Waals surface area contributed by atoms with Crippen molar-refractivity contribution in [3.63, 3.8) is 0 Å². The molecular weight excluding hydrogens is 314 g/mol. The van der Waals surface area contributed by atoms with Gasteiger partial charge in [-0.2, -0.15) is 9.50 Å². The van der Waals surface area contributed by atoms with Crippen LogP contribution in [-0.4, -0.2) is 14.6 Å². The molecule has 108 valence electrons. The zero-order valence-corrected chi connectivity index (χ0v) is 13.3. The van der Waals surface area contributed by atoms with Crippen molar-refractivity contribution in [1.29, 1.82) is 0 Å². The van der Waals surface area contributed by atoms with Gasteiger partial charge in [0.15, 0.2) is 5.82 Å². The van der Waals surface area contributed by atoms with Gasteiger partial charge in [0.05, 0.1) is 4.53 Å². The third-order valence-corrected chi connectivity index (χ3v) is 5.30. The quantitative estimate of drug-likeness (QED) is 0.569. The lowest BCUT2D eigenvalue weighted by Gasteiger charge is -1.91. The van der Waals surface area contributed by atoms with E-state index in [9.17, 15) is 4.79 Å². The summed E-state index contributed by atoms with van der Waals surface area (Å²) in [5.74, 6) is 0.586. The lowest BCUT2D eigenvalue weighted by molar-refractivity contribution is 0.937. The third kappa shape index (κ3) is 2.17. The molecule has 0 bridgehead atoms. The average Bonchev–Trinajstić information content (AvgIpc) is 3.20. The number of hydrogen-bond donors (Lipinski definition) is 0. The summed E-state index contributed by atoms with van der Waals surface area (Å²) in [5.41, 5.74) is 1.98. The first-order valence-electron chi connectivity index (χ1n) is 6.73. The van der Waals surface area contributed by atoms with Crippen molar-refractivity contribution in [3.05, 3.63) is 67.1 Å². The summed E-state index contributed by atoms with van der Waals surface area (Å²) in [7, 11) is 0. The minimum Gasteiger partial charge on any atom is -0.266 e. The third-order valence-electron chi connectivity index (χ3n) is 3.38. The highest BCUT2D eigenvalue weighted by atomic mass is 32.1. The smallest absolute Gasteiger partial charge is 0.266 e. The van der Waals surface area contributed by atoms with Gasteiger partial charge >= 0.3 is 0 Å². The molecule has 22 heavy (non-hydrogen) atoms. The van der Waals surface area contributed by atoms with Gasteiger partial charge in [-0.15, -0.1) is 16.4 Å². The van der Waals surface area contributed by atoms with Crippen LogP contribution in [0.5, 0.6) is 0 Å². The van der Waals surface area contributed by atoms with Gasteiger partial charge in [-0.3, -0.25) is 4.79 Å². The van der Waals surface area contributed by atoms with E-state index < -0.39 is 0 Å². The fraction of sp³-hybridized carbons (Fsp3) is 0.0625. The average molecular weight is 325 g/mol. The van der Waals surface area contributed by atoms with E-state index in [4.69, 9.17) is 0 Å². The van der Waals surface area contributed by atoms with Crippen LogP contribution in [0.4, 0.5) is 0 Å². The number of hydrogen-bond acceptors (Lipinski definition) is 5. The van der Waals surface area contributed by atoms with Crippen molar-refractivity contribution in [2.24, 2.45) is 0 Å². The van der Waals surface area contributed by atoms with Crippen LogP contribution in [0.3, 0.4) is 0 Å². The summed E-state index contributed by atoms with van der Waals surface area (Å²) in [5, 5.41) is 6.37. The molecule has 1 aromatic carbocycles. The van der Waals surface area contributed by atoms with Gasteiger partial charge in [-0.1, -0.05) is 41.7 Å². The lowest BCUT2D eigenvalue weighted by atomic mass is 10.2. The van der Waals surface area contributed by atoms with Gasteiger partial charge < -0.3 is 0 Å². The second kappa shape index (κ2) is 5.15. The minimum absolute atomic E-state index is 0.109. The number of nitrogens with zero attached hydrogens (tertiary/aromatic N) is 3. The van der Waals surface area contributed by atoms with Crippen LogP contribution in [0.25, 0.3) is 22.4 Å². The molecule has 4 aromatic rings. The van der Waals surface area contributed by atoms with Crippen molar-refractivity contribution < 1.29 is 0 Å². The molecule has 0 atom stereocenters. The Morgan fingerprint density at radius 2 is 2.00 bits per heavy atom. The second-order valence-corrected chi connectivity index (χ2v) is 6.84. The van der Waals surface area contributed by atoms with Gasteiger partial charge in [0.2, 0.25) is 4.96 Å². The Labute approximate surface area is 134 Å². The molecule has 0 aliphatic carbocycles. The Morgan fingerprint density at radius 3 is 2.68 bits per heavy atom. The zero-order chi connectivity index (χ0) is 15.1. The Bertz CT molecular complexity index is 1060. The Kier molecular flexibility index (Phi) is 3.13. The summed E-state index contributed by atoms with van der Waals surface area (Å²) in [4.78, 5) is 18.7. The Balaban J connectivity index is 1.87.